The van der Waals surface area contributed by atoms with Gasteiger partial charge in [0, 0.05) is 16.4 Å². The number of benzene rings is 2. The molecule has 0 bridgehead atoms. The molecular formula is C14H11BrClNO3. The largest absolute Gasteiger partial charge is 0.482 e. The number of alkyl halides is 1. The molecule has 0 spiro atoms. The molecule has 0 aliphatic carbocycles. The van der Waals surface area contributed by atoms with Crippen LogP contribution in [-0.4, -0.2) is 4.92 Å². The van der Waals surface area contributed by atoms with E-state index in [2.05, 4.69) is 15.9 Å². The van der Waals surface area contributed by atoms with Crippen LogP contribution in [0.25, 0.3) is 0 Å². The molecule has 6 heteroatoms. The molecule has 0 amide bonds. The van der Waals surface area contributed by atoms with Crippen LogP contribution in [0.15, 0.2) is 46.9 Å². The quantitative estimate of drug-likeness (QED) is 0.444. The van der Waals surface area contributed by atoms with Crippen molar-refractivity contribution in [2.45, 2.75) is 12.5 Å². The minimum absolute atomic E-state index is 0.0692. The van der Waals surface area contributed by atoms with Gasteiger partial charge in [-0.2, -0.15) is 0 Å². The average molecular weight is 357 g/mol. The minimum atomic E-state index is -0.465. The fourth-order valence-electron chi connectivity index (χ4n) is 1.65. The van der Waals surface area contributed by atoms with Gasteiger partial charge in [0.2, 0.25) is 0 Å². The molecule has 0 aliphatic rings. The van der Waals surface area contributed by atoms with E-state index in [9.17, 15) is 10.1 Å². The summed E-state index contributed by atoms with van der Waals surface area (Å²) in [6, 6.07) is 12.3. The summed E-state index contributed by atoms with van der Waals surface area (Å²) in [5.41, 5.74) is 1.55. The Morgan fingerprint density at radius 2 is 1.80 bits per heavy atom. The molecule has 0 fully saturated rings. The van der Waals surface area contributed by atoms with Gasteiger partial charge in [-0.3, -0.25) is 10.1 Å². The maximum atomic E-state index is 11.0. The van der Waals surface area contributed by atoms with Crippen LogP contribution in [0, 0.1) is 10.1 Å². The van der Waals surface area contributed by atoms with Crippen LogP contribution < -0.4 is 4.74 Å². The van der Waals surface area contributed by atoms with E-state index in [1.54, 1.807) is 12.1 Å². The molecule has 0 unspecified atom stereocenters. The molecule has 2 aromatic rings. The van der Waals surface area contributed by atoms with Crippen molar-refractivity contribution in [3.63, 3.8) is 0 Å². The fourth-order valence-corrected chi connectivity index (χ4v) is 2.08. The zero-order chi connectivity index (χ0) is 14.5. The van der Waals surface area contributed by atoms with Crippen molar-refractivity contribution in [3.05, 3.63) is 68.2 Å². The smallest absolute Gasteiger partial charge is 0.311 e. The Hall–Kier alpha value is -1.59. The topological polar surface area (TPSA) is 52.4 Å². The number of nitrogens with zero attached hydrogens (tertiary/aromatic N) is 1. The predicted octanol–water partition coefficient (Wildman–Crippen LogP) is 4.68. The van der Waals surface area contributed by atoms with Gasteiger partial charge in [-0.05, 0) is 29.3 Å². The van der Waals surface area contributed by atoms with Crippen molar-refractivity contribution in [1.82, 2.24) is 0 Å². The summed E-state index contributed by atoms with van der Waals surface area (Å²) in [7, 11) is 0. The highest BCUT2D eigenvalue weighted by molar-refractivity contribution is 9.10. The van der Waals surface area contributed by atoms with Crippen LogP contribution >= 0.6 is 27.5 Å². The lowest BCUT2D eigenvalue weighted by Gasteiger charge is -2.08. The highest BCUT2D eigenvalue weighted by atomic mass is 79.9. The van der Waals surface area contributed by atoms with Crippen LogP contribution in [0.1, 0.15) is 11.1 Å². The van der Waals surface area contributed by atoms with Crippen LogP contribution in [0.5, 0.6) is 5.75 Å². The summed E-state index contributed by atoms with van der Waals surface area (Å²) in [5.74, 6) is 0.472. The lowest BCUT2D eigenvalue weighted by Crippen LogP contribution is -1.99. The molecule has 2 aromatic carbocycles. The number of halogens is 2. The van der Waals surface area contributed by atoms with E-state index in [1.807, 2.05) is 24.3 Å². The van der Waals surface area contributed by atoms with E-state index in [0.29, 0.717) is 5.56 Å². The molecule has 0 aliphatic heterocycles. The maximum Gasteiger partial charge on any atom is 0.311 e. The standard InChI is InChI=1S/C14H11BrClNO3/c15-12-4-1-10(2-5-12)9-20-14-6-3-11(8-16)7-13(14)17(18)19/h1-7H,8-9H2. The van der Waals surface area contributed by atoms with Gasteiger partial charge >= 0.3 is 5.69 Å². The van der Waals surface area contributed by atoms with E-state index in [4.69, 9.17) is 16.3 Å². The van der Waals surface area contributed by atoms with Crippen LogP contribution in [-0.2, 0) is 12.5 Å². The summed E-state index contributed by atoms with van der Waals surface area (Å²) in [6.45, 7) is 0.272. The Morgan fingerprint density at radius 3 is 2.40 bits per heavy atom. The highest BCUT2D eigenvalue weighted by Crippen LogP contribution is 2.29. The summed E-state index contributed by atoms with van der Waals surface area (Å²) >= 11 is 9.02. The third-order valence-corrected chi connectivity index (χ3v) is 3.52. The van der Waals surface area contributed by atoms with Crippen molar-refractivity contribution in [3.8, 4) is 5.75 Å². The summed E-state index contributed by atoms with van der Waals surface area (Å²) in [5, 5.41) is 11.0. The van der Waals surface area contributed by atoms with Gasteiger partial charge in [0.1, 0.15) is 6.61 Å². The zero-order valence-electron chi connectivity index (χ0n) is 10.4. The first kappa shape index (κ1) is 14.8. The predicted molar refractivity (Wildman–Crippen MR) is 81.1 cm³/mol. The third kappa shape index (κ3) is 3.71. The first-order valence-corrected chi connectivity index (χ1v) is 7.13. The molecule has 0 atom stereocenters. The molecule has 0 radical (unpaired) electrons. The molecule has 0 heterocycles. The van der Waals surface area contributed by atoms with Gasteiger partial charge in [-0.1, -0.05) is 34.1 Å². The zero-order valence-corrected chi connectivity index (χ0v) is 12.7. The lowest BCUT2D eigenvalue weighted by molar-refractivity contribution is -0.386. The second-order valence-corrected chi connectivity index (χ2v) is 5.29. The van der Waals surface area contributed by atoms with Crippen molar-refractivity contribution in [1.29, 1.82) is 0 Å². The normalized spacial score (nSPS) is 10.3. The van der Waals surface area contributed by atoms with E-state index >= 15 is 0 Å². The Kier molecular flexibility index (Phi) is 4.98. The monoisotopic (exact) mass is 355 g/mol. The third-order valence-electron chi connectivity index (χ3n) is 2.68. The molecule has 0 saturated carbocycles. The second-order valence-electron chi connectivity index (χ2n) is 4.11. The number of rotatable bonds is 5. The number of ether oxygens (including phenoxy) is 1. The highest BCUT2D eigenvalue weighted by Gasteiger charge is 2.15. The molecule has 4 nitrogen and oxygen atoms in total. The van der Waals surface area contributed by atoms with Gasteiger partial charge in [0.05, 0.1) is 4.92 Å². The molecule has 104 valence electrons. The first-order chi connectivity index (χ1) is 9.60. The fraction of sp³-hybridized carbons (Fsp3) is 0.143. The molecule has 20 heavy (non-hydrogen) atoms. The van der Waals surface area contributed by atoms with Gasteiger partial charge in [0.25, 0.3) is 0 Å². The molecule has 0 N–H and O–H groups in total. The van der Waals surface area contributed by atoms with E-state index in [-0.39, 0.29) is 23.9 Å². The van der Waals surface area contributed by atoms with Gasteiger partial charge < -0.3 is 4.74 Å². The maximum absolute atomic E-state index is 11.0. The lowest BCUT2D eigenvalue weighted by atomic mass is 10.2. The van der Waals surface area contributed by atoms with Gasteiger partial charge in [-0.15, -0.1) is 11.6 Å². The second kappa shape index (κ2) is 6.72. The van der Waals surface area contributed by atoms with Gasteiger partial charge in [-0.25, -0.2) is 0 Å². The Bertz CT molecular complexity index is 616. The molecule has 2 rings (SSSR count). The van der Waals surface area contributed by atoms with Crippen molar-refractivity contribution < 1.29 is 9.66 Å². The first-order valence-electron chi connectivity index (χ1n) is 5.80. The summed E-state index contributed by atoms with van der Waals surface area (Å²) in [4.78, 5) is 10.6. The number of hydrogen-bond donors (Lipinski definition) is 0. The molecular weight excluding hydrogens is 346 g/mol. The molecule has 0 saturated heterocycles. The van der Waals surface area contributed by atoms with Crippen LogP contribution in [0.2, 0.25) is 0 Å². The van der Waals surface area contributed by atoms with Crippen molar-refractivity contribution in [2.24, 2.45) is 0 Å². The summed E-state index contributed by atoms with van der Waals surface area (Å²) < 4.78 is 6.49. The van der Waals surface area contributed by atoms with E-state index in [1.165, 1.54) is 6.07 Å². The van der Waals surface area contributed by atoms with Crippen LogP contribution in [0.4, 0.5) is 5.69 Å². The van der Waals surface area contributed by atoms with Crippen molar-refractivity contribution in [2.75, 3.05) is 0 Å². The minimum Gasteiger partial charge on any atom is -0.482 e. The number of nitro groups is 1. The summed E-state index contributed by atoms with van der Waals surface area (Å²) in [6.07, 6.45) is 0. The van der Waals surface area contributed by atoms with Gasteiger partial charge in [0.15, 0.2) is 5.75 Å². The Balaban J connectivity index is 2.16. The average Bonchev–Trinajstić information content (AvgIpc) is 2.46. The Labute approximate surface area is 129 Å². The SMILES string of the molecule is O=[N+]([O-])c1cc(CCl)ccc1OCc1ccc(Br)cc1. The van der Waals surface area contributed by atoms with Crippen LogP contribution in [0.3, 0.4) is 0 Å². The van der Waals surface area contributed by atoms with E-state index in [0.717, 1.165) is 10.0 Å². The van der Waals surface area contributed by atoms with Crippen molar-refractivity contribution >= 4 is 33.2 Å². The number of hydrogen-bond acceptors (Lipinski definition) is 3. The van der Waals surface area contributed by atoms with E-state index < -0.39 is 4.92 Å². The number of nitro benzene ring substituents is 1. The molecule has 0 aromatic heterocycles. The Morgan fingerprint density at radius 1 is 1.15 bits per heavy atom.